The van der Waals surface area contributed by atoms with Crippen molar-refractivity contribution < 1.29 is 15.0 Å². The van der Waals surface area contributed by atoms with Gasteiger partial charge in [-0.25, -0.2) is 0 Å². The van der Waals surface area contributed by atoms with Crippen LogP contribution in [0.3, 0.4) is 0 Å². The lowest BCUT2D eigenvalue weighted by molar-refractivity contribution is 0.102. The van der Waals surface area contributed by atoms with Crippen molar-refractivity contribution >= 4 is 23.2 Å². The van der Waals surface area contributed by atoms with Crippen LogP contribution in [0.15, 0.2) is 36.4 Å². The minimum atomic E-state index is -0.388. The van der Waals surface area contributed by atoms with E-state index in [0.29, 0.717) is 10.7 Å². The zero-order valence-electron chi connectivity index (χ0n) is 10.1. The van der Waals surface area contributed by atoms with Crippen LogP contribution in [-0.2, 0) is 0 Å². The number of phenols is 2. The highest BCUT2D eigenvalue weighted by Crippen LogP contribution is 2.26. The molecule has 0 atom stereocenters. The number of rotatable bonds is 2. The van der Waals surface area contributed by atoms with Crippen LogP contribution in [0.25, 0.3) is 0 Å². The van der Waals surface area contributed by atoms with Crippen LogP contribution in [0.4, 0.5) is 5.69 Å². The molecule has 0 saturated heterocycles. The Bertz CT molecular complexity index is 641. The second kappa shape index (κ2) is 5.20. The van der Waals surface area contributed by atoms with Gasteiger partial charge in [0, 0.05) is 16.3 Å². The predicted octanol–water partition coefficient (Wildman–Crippen LogP) is 3.31. The van der Waals surface area contributed by atoms with Gasteiger partial charge in [-0.15, -0.1) is 0 Å². The Balaban J connectivity index is 2.26. The number of carbonyl (C=O) groups is 1. The molecule has 0 spiro atoms. The zero-order chi connectivity index (χ0) is 14.0. The number of amides is 1. The number of hydrogen-bond acceptors (Lipinski definition) is 3. The molecule has 19 heavy (non-hydrogen) atoms. The van der Waals surface area contributed by atoms with Crippen molar-refractivity contribution in [3.05, 3.63) is 52.5 Å². The first-order chi connectivity index (χ1) is 8.99. The molecule has 0 bridgehead atoms. The third-order valence-corrected chi connectivity index (χ3v) is 3.16. The molecule has 2 aromatic rings. The van der Waals surface area contributed by atoms with E-state index < -0.39 is 0 Å². The van der Waals surface area contributed by atoms with Crippen molar-refractivity contribution in [3.63, 3.8) is 0 Å². The van der Waals surface area contributed by atoms with Crippen molar-refractivity contribution in [1.82, 2.24) is 0 Å². The number of carbonyl (C=O) groups excluding carboxylic acids is 1. The Morgan fingerprint density at radius 3 is 2.58 bits per heavy atom. The van der Waals surface area contributed by atoms with Crippen molar-refractivity contribution in [2.75, 3.05) is 5.32 Å². The molecule has 0 radical (unpaired) electrons. The van der Waals surface area contributed by atoms with Crippen molar-refractivity contribution in [2.24, 2.45) is 0 Å². The van der Waals surface area contributed by atoms with Crippen molar-refractivity contribution in [1.29, 1.82) is 0 Å². The summed E-state index contributed by atoms with van der Waals surface area (Å²) in [6.07, 6.45) is 0. The molecule has 0 heterocycles. The molecule has 0 fully saturated rings. The van der Waals surface area contributed by atoms with Gasteiger partial charge in [-0.05, 0) is 42.8 Å². The second-order valence-electron chi connectivity index (χ2n) is 4.07. The van der Waals surface area contributed by atoms with Gasteiger partial charge in [-0.1, -0.05) is 17.7 Å². The van der Waals surface area contributed by atoms with Crippen LogP contribution in [-0.4, -0.2) is 16.1 Å². The largest absolute Gasteiger partial charge is 0.504 e. The number of phenolic OH excluding ortho intramolecular Hbond substituents is 2. The summed E-state index contributed by atoms with van der Waals surface area (Å²) in [6, 6.07) is 9.08. The van der Waals surface area contributed by atoms with Gasteiger partial charge in [0.1, 0.15) is 0 Å². The van der Waals surface area contributed by atoms with E-state index in [1.165, 1.54) is 18.2 Å². The molecule has 98 valence electrons. The molecule has 0 aliphatic carbocycles. The van der Waals surface area contributed by atoms with Gasteiger partial charge in [0.2, 0.25) is 0 Å². The molecular formula is C14H12ClNO3. The summed E-state index contributed by atoms with van der Waals surface area (Å²) in [5.41, 5.74) is 1.61. The van der Waals surface area contributed by atoms with Crippen LogP contribution in [0.1, 0.15) is 15.9 Å². The number of benzene rings is 2. The first-order valence-corrected chi connectivity index (χ1v) is 5.95. The first kappa shape index (κ1) is 13.2. The van der Waals surface area contributed by atoms with Crippen molar-refractivity contribution in [2.45, 2.75) is 6.92 Å². The topological polar surface area (TPSA) is 69.6 Å². The molecule has 0 aliphatic heterocycles. The number of halogens is 1. The van der Waals surface area contributed by atoms with Crippen LogP contribution in [0.5, 0.6) is 11.5 Å². The normalized spacial score (nSPS) is 10.2. The van der Waals surface area contributed by atoms with Crippen LogP contribution < -0.4 is 5.32 Å². The van der Waals surface area contributed by atoms with Crippen LogP contribution in [0.2, 0.25) is 5.02 Å². The SMILES string of the molecule is Cc1c(Cl)cccc1NC(=O)c1ccc(O)c(O)c1. The maximum Gasteiger partial charge on any atom is 0.255 e. The van der Waals surface area contributed by atoms with Crippen molar-refractivity contribution in [3.8, 4) is 11.5 Å². The number of hydrogen-bond donors (Lipinski definition) is 3. The third-order valence-electron chi connectivity index (χ3n) is 2.75. The molecule has 1 amide bonds. The van der Waals surface area contributed by atoms with E-state index in [4.69, 9.17) is 11.6 Å². The van der Waals surface area contributed by atoms with E-state index in [1.807, 2.05) is 0 Å². The van der Waals surface area contributed by atoms with Gasteiger partial charge in [-0.2, -0.15) is 0 Å². The number of nitrogens with one attached hydrogen (secondary N) is 1. The van der Waals surface area contributed by atoms with Crippen LogP contribution >= 0.6 is 11.6 Å². The molecule has 0 aromatic heterocycles. The summed E-state index contributed by atoms with van der Waals surface area (Å²) in [4.78, 5) is 12.0. The summed E-state index contributed by atoms with van der Waals surface area (Å²) >= 11 is 5.96. The van der Waals surface area contributed by atoms with E-state index in [1.54, 1.807) is 25.1 Å². The van der Waals surface area contributed by atoms with E-state index in [-0.39, 0.29) is 23.0 Å². The summed E-state index contributed by atoms with van der Waals surface area (Å²) in [6.45, 7) is 1.80. The van der Waals surface area contributed by atoms with Gasteiger partial charge in [-0.3, -0.25) is 4.79 Å². The monoisotopic (exact) mass is 277 g/mol. The fourth-order valence-electron chi connectivity index (χ4n) is 1.60. The molecular weight excluding hydrogens is 266 g/mol. The Kier molecular flexibility index (Phi) is 3.62. The Labute approximate surface area is 115 Å². The Hall–Kier alpha value is -2.20. The quantitative estimate of drug-likeness (QED) is 0.738. The minimum absolute atomic E-state index is 0.245. The number of aromatic hydroxyl groups is 2. The highest BCUT2D eigenvalue weighted by atomic mass is 35.5. The van der Waals surface area contributed by atoms with E-state index in [2.05, 4.69) is 5.32 Å². The molecule has 2 aromatic carbocycles. The van der Waals surface area contributed by atoms with E-state index in [9.17, 15) is 15.0 Å². The Morgan fingerprint density at radius 2 is 1.89 bits per heavy atom. The molecule has 4 nitrogen and oxygen atoms in total. The van der Waals surface area contributed by atoms with Gasteiger partial charge >= 0.3 is 0 Å². The average molecular weight is 278 g/mol. The summed E-state index contributed by atoms with van der Waals surface area (Å²) in [7, 11) is 0. The lowest BCUT2D eigenvalue weighted by Gasteiger charge is -2.09. The van der Waals surface area contributed by atoms with Gasteiger partial charge in [0.15, 0.2) is 11.5 Å². The highest BCUT2D eigenvalue weighted by molar-refractivity contribution is 6.31. The predicted molar refractivity (Wildman–Crippen MR) is 73.9 cm³/mol. The average Bonchev–Trinajstić information content (AvgIpc) is 2.38. The maximum absolute atomic E-state index is 12.0. The minimum Gasteiger partial charge on any atom is -0.504 e. The van der Waals surface area contributed by atoms with E-state index >= 15 is 0 Å². The fraction of sp³-hybridized carbons (Fsp3) is 0.0714. The van der Waals surface area contributed by atoms with Crippen LogP contribution in [0, 0.1) is 6.92 Å². The maximum atomic E-state index is 12.0. The molecule has 2 rings (SSSR count). The lowest BCUT2D eigenvalue weighted by Crippen LogP contribution is -2.12. The van der Waals surface area contributed by atoms with E-state index in [0.717, 1.165) is 5.56 Å². The molecule has 5 heteroatoms. The standard InChI is InChI=1S/C14H12ClNO3/c1-8-10(15)3-2-4-11(8)16-14(19)9-5-6-12(17)13(18)7-9/h2-7,17-18H,1H3,(H,16,19). The Morgan fingerprint density at radius 1 is 1.16 bits per heavy atom. The fourth-order valence-corrected chi connectivity index (χ4v) is 1.78. The molecule has 0 aliphatic rings. The summed E-state index contributed by atoms with van der Waals surface area (Å²) in [5.74, 6) is -0.994. The molecule has 3 N–H and O–H groups in total. The zero-order valence-corrected chi connectivity index (χ0v) is 10.9. The van der Waals surface area contributed by atoms with Gasteiger partial charge in [0.05, 0.1) is 0 Å². The highest BCUT2D eigenvalue weighted by Gasteiger charge is 2.11. The molecule has 0 saturated carbocycles. The third kappa shape index (κ3) is 2.80. The van der Waals surface area contributed by atoms with Gasteiger partial charge < -0.3 is 15.5 Å². The summed E-state index contributed by atoms with van der Waals surface area (Å²) < 4.78 is 0. The lowest BCUT2D eigenvalue weighted by atomic mass is 10.1. The second-order valence-corrected chi connectivity index (χ2v) is 4.48. The molecule has 0 unspecified atom stereocenters. The van der Waals surface area contributed by atoms with Gasteiger partial charge in [0.25, 0.3) is 5.91 Å². The summed E-state index contributed by atoms with van der Waals surface area (Å²) in [5, 5.41) is 21.8. The number of anilines is 1. The first-order valence-electron chi connectivity index (χ1n) is 5.57. The smallest absolute Gasteiger partial charge is 0.255 e.